The molecule has 6 N–H and O–H groups in total. The molecule has 0 spiro atoms. The van der Waals surface area contributed by atoms with Crippen LogP contribution in [0.4, 0.5) is 39.8 Å². The maximum Gasteiger partial charge on any atom is 0.296 e. The number of fused-ring (bicyclic) bond motifs is 1. The van der Waals surface area contributed by atoms with Crippen LogP contribution in [0.1, 0.15) is 0 Å². The monoisotopic (exact) mass is 814 g/mol. The Hall–Kier alpha value is -4.82. The summed E-state index contributed by atoms with van der Waals surface area (Å²) in [5.74, 6) is -0.787. The summed E-state index contributed by atoms with van der Waals surface area (Å²) in [6.07, 6.45) is 0. The Labute approximate surface area is 339 Å². The number of hydrogen-bond acceptors (Lipinski definition) is 13. The fraction of sp³-hybridized carbons (Fsp3) is 0. The largest absolute Gasteiger partial charge is 0.508 e. The number of hydrogen-bond donors (Lipinski definition) is 5. The first-order chi connectivity index (χ1) is 25.1. The maximum absolute atomic E-state index is 12.4. The summed E-state index contributed by atoms with van der Waals surface area (Å²) in [4.78, 5) is -1.83. The maximum atomic E-state index is 12.4. The van der Waals surface area contributed by atoms with E-state index in [1.807, 2.05) is 12.1 Å². The number of aromatic hydroxyl groups is 2. The number of nitrogens with zero attached hydrogens (tertiary/aromatic N) is 6. The van der Waals surface area contributed by atoms with Gasteiger partial charge in [0.15, 0.2) is 5.75 Å². The molecule has 20 heteroatoms. The van der Waals surface area contributed by atoms with Crippen LogP contribution in [0.2, 0.25) is 10.0 Å². The van der Waals surface area contributed by atoms with Crippen molar-refractivity contribution in [2.45, 2.75) is 9.79 Å². The predicted molar refractivity (Wildman–Crippen MR) is 204 cm³/mol. The fourth-order valence-corrected chi connectivity index (χ4v) is 6.60. The van der Waals surface area contributed by atoms with Gasteiger partial charge in [-0.15, -0.1) is 15.3 Å². The van der Waals surface area contributed by atoms with E-state index >= 15 is 0 Å². The molecule has 0 heterocycles. The van der Waals surface area contributed by atoms with Gasteiger partial charge in [-0.3, -0.25) is 9.11 Å². The normalized spacial score (nSPS) is 12.2. The Bertz CT molecular complexity index is 2720. The van der Waals surface area contributed by atoms with Gasteiger partial charge in [0, 0.05) is 34.6 Å². The van der Waals surface area contributed by atoms with Crippen LogP contribution in [0.5, 0.6) is 11.5 Å². The van der Waals surface area contributed by atoms with E-state index < -0.39 is 52.8 Å². The Morgan fingerprint density at radius 1 is 0.556 bits per heavy atom. The standard InChI is InChI=1S/C34H23Cl2N7O8S2.Na/c35-21-5-14-26(36)27(17-21)41-42-32-28(52(46,47)48)15-20-16-29(53(49,50)51)33(34(45)30(20)31(32)37)43-40-23-8-3-19(4-9-23)18-1-6-22(7-2-18)38-39-24-10-12-25(44)13-11-24;/h1-17,44-45H,37H2,(H,46,47,48)(H,49,50,51);. The van der Waals surface area contributed by atoms with E-state index in [1.54, 1.807) is 48.5 Å². The molecule has 0 aliphatic carbocycles. The fourth-order valence-electron chi connectivity index (χ4n) is 4.95. The van der Waals surface area contributed by atoms with Gasteiger partial charge in [0.25, 0.3) is 20.2 Å². The van der Waals surface area contributed by atoms with Crippen molar-refractivity contribution in [2.24, 2.45) is 30.7 Å². The second kappa shape index (κ2) is 16.3. The van der Waals surface area contributed by atoms with Crippen molar-refractivity contribution in [2.75, 3.05) is 5.73 Å². The second-order valence-electron chi connectivity index (χ2n) is 11.1. The van der Waals surface area contributed by atoms with E-state index in [0.717, 1.165) is 23.3 Å². The molecule has 0 unspecified atom stereocenters. The van der Waals surface area contributed by atoms with Gasteiger partial charge >= 0.3 is 0 Å². The Balaban J connectivity index is 0.00000561. The number of benzene rings is 6. The number of nitrogen functional groups attached to an aromatic ring is 1. The molecule has 0 amide bonds. The minimum Gasteiger partial charge on any atom is -0.508 e. The average molecular weight is 816 g/mol. The minimum absolute atomic E-state index is 0. The summed E-state index contributed by atoms with van der Waals surface area (Å²) in [7, 11) is -10.2. The van der Waals surface area contributed by atoms with Crippen molar-refractivity contribution < 1.29 is 36.2 Å². The summed E-state index contributed by atoms with van der Waals surface area (Å²) in [5, 5.41) is 44.4. The number of halogens is 2. The van der Waals surface area contributed by atoms with Crippen molar-refractivity contribution in [1.29, 1.82) is 0 Å². The van der Waals surface area contributed by atoms with E-state index in [4.69, 9.17) is 28.9 Å². The molecular formula is C34H23Cl2N7NaO8S2. The molecule has 6 aromatic rings. The van der Waals surface area contributed by atoms with Gasteiger partial charge in [0.2, 0.25) is 0 Å². The quantitative estimate of drug-likeness (QED) is 0.0402. The van der Waals surface area contributed by atoms with Gasteiger partial charge < -0.3 is 15.9 Å². The number of phenolic OH excluding ortho intramolecular Hbond substituents is 2. The van der Waals surface area contributed by atoms with E-state index in [9.17, 15) is 36.2 Å². The van der Waals surface area contributed by atoms with Crippen LogP contribution in [0.15, 0.2) is 144 Å². The van der Waals surface area contributed by atoms with E-state index in [2.05, 4.69) is 30.7 Å². The average Bonchev–Trinajstić information content (AvgIpc) is 3.11. The first-order valence-corrected chi connectivity index (χ1v) is 18.5. The Kier molecular flexibility index (Phi) is 12.2. The zero-order valence-corrected chi connectivity index (χ0v) is 32.7. The Morgan fingerprint density at radius 2 is 1.00 bits per heavy atom. The van der Waals surface area contributed by atoms with Crippen LogP contribution >= 0.6 is 23.2 Å². The van der Waals surface area contributed by atoms with Gasteiger partial charge in [0.1, 0.15) is 32.6 Å². The van der Waals surface area contributed by atoms with Crippen LogP contribution < -0.4 is 5.73 Å². The summed E-state index contributed by atoms with van der Waals surface area (Å²) >= 11 is 12.1. The molecule has 54 heavy (non-hydrogen) atoms. The molecule has 15 nitrogen and oxygen atoms in total. The number of nitrogens with two attached hydrogens (primary N) is 1. The van der Waals surface area contributed by atoms with Crippen LogP contribution in [0.3, 0.4) is 0 Å². The number of rotatable bonds is 9. The third-order valence-corrected chi connectivity index (χ3v) is 9.79. The van der Waals surface area contributed by atoms with E-state index in [-0.39, 0.29) is 67.5 Å². The predicted octanol–water partition coefficient (Wildman–Crippen LogP) is 10.2. The van der Waals surface area contributed by atoms with Crippen LogP contribution in [-0.4, -0.2) is 65.7 Å². The number of phenols is 2. The summed E-state index contributed by atoms with van der Waals surface area (Å²) < 4.78 is 69.6. The molecule has 0 saturated carbocycles. The molecule has 0 aliphatic heterocycles. The molecule has 6 rings (SSSR count). The third kappa shape index (κ3) is 9.09. The van der Waals surface area contributed by atoms with Gasteiger partial charge in [-0.2, -0.15) is 32.2 Å². The van der Waals surface area contributed by atoms with Gasteiger partial charge in [-0.05, 0) is 95.4 Å². The molecule has 1 radical (unpaired) electrons. The molecule has 0 bridgehead atoms. The molecule has 0 fully saturated rings. The van der Waals surface area contributed by atoms with Crippen molar-refractivity contribution in [3.8, 4) is 22.6 Å². The molecule has 269 valence electrons. The second-order valence-corrected chi connectivity index (χ2v) is 14.7. The smallest absolute Gasteiger partial charge is 0.296 e. The molecule has 0 saturated heterocycles. The zero-order chi connectivity index (χ0) is 38.1. The SMILES string of the molecule is Nc1c(N=Nc2cc(Cl)ccc2Cl)c(S(=O)(=O)O)cc2cc(S(=O)(=O)O)c(N=Nc3ccc(-c4ccc(N=Nc5ccc(O)cc5)cc4)cc3)c(O)c12.[Na]. The topological polar surface area (TPSA) is 249 Å². The summed E-state index contributed by atoms with van der Waals surface area (Å²) in [6, 6.07) is 25.8. The van der Waals surface area contributed by atoms with Crippen LogP contribution in [0.25, 0.3) is 21.9 Å². The van der Waals surface area contributed by atoms with Gasteiger partial charge in [0.05, 0.1) is 33.2 Å². The van der Waals surface area contributed by atoms with E-state index in [0.29, 0.717) is 11.4 Å². The summed E-state index contributed by atoms with van der Waals surface area (Å²) in [5.41, 5.74) is 7.35. The van der Waals surface area contributed by atoms with Gasteiger partial charge in [-0.1, -0.05) is 47.5 Å². The molecule has 0 aromatic heterocycles. The van der Waals surface area contributed by atoms with Crippen molar-refractivity contribution in [3.05, 3.63) is 113 Å². The molecular weight excluding hydrogens is 792 g/mol. The molecule has 0 aliphatic rings. The van der Waals surface area contributed by atoms with E-state index in [1.165, 1.54) is 30.3 Å². The summed E-state index contributed by atoms with van der Waals surface area (Å²) in [6.45, 7) is 0. The third-order valence-electron chi connectivity index (χ3n) is 7.50. The van der Waals surface area contributed by atoms with Crippen molar-refractivity contribution in [1.82, 2.24) is 0 Å². The number of azo groups is 3. The molecule has 0 atom stereocenters. The van der Waals surface area contributed by atoms with Gasteiger partial charge in [-0.25, -0.2) is 0 Å². The molecule has 6 aromatic carbocycles. The Morgan fingerprint density at radius 3 is 1.50 bits per heavy atom. The first kappa shape index (κ1) is 40.4. The van der Waals surface area contributed by atoms with Crippen molar-refractivity contribution in [3.63, 3.8) is 0 Å². The van der Waals surface area contributed by atoms with Crippen LogP contribution in [0, 0.1) is 0 Å². The number of anilines is 1. The minimum atomic E-state index is -5.11. The zero-order valence-electron chi connectivity index (χ0n) is 27.6. The van der Waals surface area contributed by atoms with Crippen LogP contribution in [-0.2, 0) is 20.2 Å². The first-order valence-electron chi connectivity index (χ1n) is 14.9. The van der Waals surface area contributed by atoms with Crippen molar-refractivity contribution >= 4 is 124 Å².